The molecule has 2 aromatic carbocycles. The fourth-order valence-electron chi connectivity index (χ4n) is 2.89. The molecule has 0 aliphatic heterocycles. The van der Waals surface area contributed by atoms with Crippen molar-refractivity contribution in [3.05, 3.63) is 71.6 Å². The highest BCUT2D eigenvalue weighted by molar-refractivity contribution is 6.30. The van der Waals surface area contributed by atoms with Crippen molar-refractivity contribution < 1.29 is 4.42 Å². The molecular formula is C20H15ClN4O. The Bertz CT molecular complexity index is 1050. The molecule has 0 atom stereocenters. The van der Waals surface area contributed by atoms with Crippen molar-refractivity contribution in [3.8, 4) is 28.5 Å². The van der Waals surface area contributed by atoms with Crippen LogP contribution in [0, 0.1) is 0 Å². The minimum Gasteiger partial charge on any atom is -0.419 e. The minimum absolute atomic E-state index is 0.417. The number of halogens is 1. The maximum Gasteiger partial charge on any atom is 0.266 e. The van der Waals surface area contributed by atoms with Gasteiger partial charge in [0.25, 0.3) is 5.89 Å². The second-order valence-electron chi connectivity index (χ2n) is 6.39. The van der Waals surface area contributed by atoms with E-state index in [9.17, 15) is 0 Å². The van der Waals surface area contributed by atoms with Crippen LogP contribution >= 0.6 is 11.6 Å². The van der Waals surface area contributed by atoms with E-state index in [2.05, 4.69) is 10.2 Å². The Balaban J connectivity index is 1.64. The second-order valence-corrected chi connectivity index (χ2v) is 6.83. The SMILES string of the molecule is Clc1ccc(-c2cc(-c3nnc(C4CC4)o3)n(-c3ccccc3)n2)cc1. The van der Waals surface area contributed by atoms with E-state index in [0.29, 0.717) is 22.7 Å². The summed E-state index contributed by atoms with van der Waals surface area (Å²) in [5.74, 6) is 1.62. The molecule has 1 aliphatic carbocycles. The minimum atomic E-state index is 0.417. The lowest BCUT2D eigenvalue weighted by Crippen LogP contribution is -1.99. The van der Waals surface area contributed by atoms with Crippen LogP contribution in [0.15, 0.2) is 65.1 Å². The van der Waals surface area contributed by atoms with Gasteiger partial charge in [0.1, 0.15) is 5.69 Å². The van der Waals surface area contributed by atoms with Gasteiger partial charge in [0.15, 0.2) is 0 Å². The van der Waals surface area contributed by atoms with Gasteiger partial charge in [-0.2, -0.15) is 5.10 Å². The summed E-state index contributed by atoms with van der Waals surface area (Å²) < 4.78 is 7.76. The van der Waals surface area contributed by atoms with Gasteiger partial charge in [0.05, 0.1) is 11.4 Å². The first-order chi connectivity index (χ1) is 12.8. The summed E-state index contributed by atoms with van der Waals surface area (Å²) in [6.07, 6.45) is 2.24. The normalized spacial score (nSPS) is 13.9. The molecule has 0 amide bonds. The van der Waals surface area contributed by atoms with Crippen LogP contribution in [0.1, 0.15) is 24.7 Å². The number of benzene rings is 2. The van der Waals surface area contributed by atoms with E-state index < -0.39 is 0 Å². The van der Waals surface area contributed by atoms with Gasteiger partial charge in [-0.25, -0.2) is 4.68 Å². The predicted molar refractivity (Wildman–Crippen MR) is 99.3 cm³/mol. The van der Waals surface area contributed by atoms with Gasteiger partial charge in [0, 0.05) is 16.5 Å². The van der Waals surface area contributed by atoms with Crippen LogP contribution in [-0.4, -0.2) is 20.0 Å². The molecule has 0 saturated heterocycles. The Morgan fingerprint density at radius 1 is 0.962 bits per heavy atom. The average Bonchev–Trinajstić information content (AvgIpc) is 3.25. The number of hydrogen-bond donors (Lipinski definition) is 0. The van der Waals surface area contributed by atoms with E-state index in [1.165, 1.54) is 0 Å². The third-order valence-corrected chi connectivity index (χ3v) is 4.69. The van der Waals surface area contributed by atoms with Crippen molar-refractivity contribution in [2.75, 3.05) is 0 Å². The predicted octanol–water partition coefficient (Wildman–Crippen LogP) is 5.12. The lowest BCUT2D eigenvalue weighted by atomic mass is 10.1. The highest BCUT2D eigenvalue weighted by atomic mass is 35.5. The molecule has 0 bridgehead atoms. The summed E-state index contributed by atoms with van der Waals surface area (Å²) >= 11 is 6.01. The summed E-state index contributed by atoms with van der Waals surface area (Å²) in [5, 5.41) is 13.9. The molecule has 26 heavy (non-hydrogen) atoms. The summed E-state index contributed by atoms with van der Waals surface area (Å²) in [6.45, 7) is 0. The van der Waals surface area contributed by atoms with Crippen molar-refractivity contribution in [2.24, 2.45) is 0 Å². The van der Waals surface area contributed by atoms with Crippen LogP contribution in [-0.2, 0) is 0 Å². The third-order valence-electron chi connectivity index (χ3n) is 4.44. The number of nitrogens with zero attached hydrogens (tertiary/aromatic N) is 4. The summed E-state index contributed by atoms with van der Waals surface area (Å²) in [5.41, 5.74) is 3.52. The molecule has 0 N–H and O–H groups in total. The Morgan fingerprint density at radius 2 is 1.73 bits per heavy atom. The summed E-state index contributed by atoms with van der Waals surface area (Å²) in [6, 6.07) is 19.5. The molecule has 1 aliphatic rings. The number of aromatic nitrogens is 4. The summed E-state index contributed by atoms with van der Waals surface area (Å²) in [4.78, 5) is 0. The topological polar surface area (TPSA) is 56.7 Å². The van der Waals surface area contributed by atoms with E-state index in [4.69, 9.17) is 21.1 Å². The Morgan fingerprint density at radius 3 is 2.46 bits per heavy atom. The molecule has 2 aromatic heterocycles. The number of rotatable bonds is 4. The standard InChI is InChI=1S/C20H15ClN4O/c21-15-10-8-13(9-11-15)17-12-18(20-23-22-19(26-20)14-6-7-14)25(24-17)16-4-2-1-3-5-16/h1-5,8-12,14H,6-7H2. The Labute approximate surface area is 155 Å². The van der Waals surface area contributed by atoms with Gasteiger partial charge in [-0.1, -0.05) is 41.9 Å². The molecule has 0 unspecified atom stereocenters. The maximum absolute atomic E-state index is 6.01. The molecule has 0 radical (unpaired) electrons. The van der Waals surface area contributed by atoms with E-state index in [-0.39, 0.29) is 0 Å². The van der Waals surface area contributed by atoms with Crippen LogP contribution in [0.2, 0.25) is 5.02 Å². The van der Waals surface area contributed by atoms with Crippen molar-refractivity contribution >= 4 is 11.6 Å². The van der Waals surface area contributed by atoms with Crippen molar-refractivity contribution in [1.82, 2.24) is 20.0 Å². The zero-order valence-electron chi connectivity index (χ0n) is 13.8. The van der Waals surface area contributed by atoms with Gasteiger partial charge < -0.3 is 4.42 Å². The monoisotopic (exact) mass is 362 g/mol. The highest BCUT2D eigenvalue weighted by Gasteiger charge is 2.30. The second kappa shape index (κ2) is 6.11. The van der Waals surface area contributed by atoms with Gasteiger partial charge in [-0.05, 0) is 43.2 Å². The molecule has 128 valence electrons. The summed E-state index contributed by atoms with van der Waals surface area (Å²) in [7, 11) is 0. The molecule has 2 heterocycles. The third kappa shape index (κ3) is 2.80. The van der Waals surface area contributed by atoms with Crippen molar-refractivity contribution in [1.29, 1.82) is 0 Å². The van der Waals surface area contributed by atoms with Crippen LogP contribution in [0.5, 0.6) is 0 Å². The molecule has 5 rings (SSSR count). The highest BCUT2D eigenvalue weighted by Crippen LogP contribution is 2.40. The van der Waals surface area contributed by atoms with Gasteiger partial charge in [-0.3, -0.25) is 0 Å². The van der Waals surface area contributed by atoms with Gasteiger partial charge in [-0.15, -0.1) is 10.2 Å². The van der Waals surface area contributed by atoms with E-state index >= 15 is 0 Å². The molecule has 1 saturated carbocycles. The van der Waals surface area contributed by atoms with Crippen LogP contribution in [0.25, 0.3) is 28.5 Å². The first-order valence-corrected chi connectivity index (χ1v) is 8.91. The Hall–Kier alpha value is -2.92. The smallest absolute Gasteiger partial charge is 0.266 e. The zero-order chi connectivity index (χ0) is 17.5. The van der Waals surface area contributed by atoms with Gasteiger partial charge >= 0.3 is 0 Å². The molecule has 1 fully saturated rings. The van der Waals surface area contributed by atoms with Crippen molar-refractivity contribution in [2.45, 2.75) is 18.8 Å². The van der Waals surface area contributed by atoms with Crippen LogP contribution in [0.4, 0.5) is 0 Å². The van der Waals surface area contributed by atoms with E-state index in [0.717, 1.165) is 35.5 Å². The number of para-hydroxylation sites is 1. The average molecular weight is 363 g/mol. The zero-order valence-corrected chi connectivity index (χ0v) is 14.6. The van der Waals surface area contributed by atoms with Crippen LogP contribution < -0.4 is 0 Å². The quantitative estimate of drug-likeness (QED) is 0.505. The molecule has 4 aromatic rings. The molecular weight excluding hydrogens is 348 g/mol. The van der Waals surface area contributed by atoms with Crippen molar-refractivity contribution in [3.63, 3.8) is 0 Å². The van der Waals surface area contributed by atoms with E-state index in [1.54, 1.807) is 0 Å². The van der Waals surface area contributed by atoms with E-state index in [1.807, 2.05) is 65.3 Å². The van der Waals surface area contributed by atoms with Crippen LogP contribution in [0.3, 0.4) is 0 Å². The lowest BCUT2D eigenvalue weighted by molar-refractivity contribution is 0.505. The maximum atomic E-state index is 6.01. The fraction of sp³-hybridized carbons (Fsp3) is 0.150. The Kier molecular flexibility index (Phi) is 3.60. The number of hydrogen-bond acceptors (Lipinski definition) is 4. The molecule has 0 spiro atoms. The lowest BCUT2D eigenvalue weighted by Gasteiger charge is -2.04. The fourth-order valence-corrected chi connectivity index (χ4v) is 3.02. The first-order valence-electron chi connectivity index (χ1n) is 8.53. The first kappa shape index (κ1) is 15.3. The molecule has 5 nitrogen and oxygen atoms in total. The largest absolute Gasteiger partial charge is 0.419 e. The molecule has 6 heteroatoms. The van der Waals surface area contributed by atoms with Gasteiger partial charge in [0.2, 0.25) is 5.89 Å².